The average Bonchev–Trinajstić information content (AvgIpc) is 3.66. The van der Waals surface area contributed by atoms with Crippen molar-refractivity contribution in [1.29, 1.82) is 0 Å². The number of non-ortho nitro benzene ring substituents is 2. The lowest BCUT2D eigenvalue weighted by Crippen LogP contribution is -2.61. The lowest BCUT2D eigenvalue weighted by Gasteiger charge is -2.49. The highest BCUT2D eigenvalue weighted by Crippen LogP contribution is 2.42. The summed E-state index contributed by atoms with van der Waals surface area (Å²) in [5.41, 5.74) is -5.73. The van der Waals surface area contributed by atoms with Gasteiger partial charge in [-0.15, -0.1) is 0 Å². The van der Waals surface area contributed by atoms with Crippen molar-refractivity contribution in [3.05, 3.63) is 44.0 Å². The molecule has 0 saturated carbocycles. The Morgan fingerprint density at radius 2 is 1.53 bits per heavy atom. The molecular formula is C51H82N6O19. The Morgan fingerprint density at radius 1 is 0.908 bits per heavy atom. The number of esters is 1. The number of hydrogen-bond acceptors (Lipinski definition) is 21. The number of ether oxygens (including phenoxy) is 9. The zero-order chi connectivity index (χ0) is 56.8. The van der Waals surface area contributed by atoms with E-state index in [-0.39, 0.29) is 56.0 Å². The number of benzene rings is 1. The molecule has 25 heteroatoms. The number of cyclic esters (lactones) is 1. The van der Waals surface area contributed by atoms with Crippen molar-refractivity contribution in [2.24, 2.45) is 17.8 Å². The van der Waals surface area contributed by atoms with Crippen LogP contribution in [0, 0.1) is 38.0 Å². The molecule has 76 heavy (non-hydrogen) atoms. The third kappa shape index (κ3) is 14.6. The molecule has 2 amide bonds. The molecule has 1 aromatic rings. The van der Waals surface area contributed by atoms with Gasteiger partial charge in [-0.05, 0) is 108 Å². The summed E-state index contributed by atoms with van der Waals surface area (Å²) >= 11 is 0. The molecule has 1 aromatic carbocycles. The molecule has 0 aliphatic carbocycles. The first kappa shape index (κ1) is 62.0. The number of carbonyl (C=O) groups excluding carboxylic acids is 4. The number of carbonyl (C=O) groups is 4. The summed E-state index contributed by atoms with van der Waals surface area (Å²) in [6, 6.07) is 1.89. The van der Waals surface area contributed by atoms with E-state index < -0.39 is 135 Å². The zero-order valence-electron chi connectivity index (χ0n) is 46.4. The molecule has 4 heterocycles. The van der Waals surface area contributed by atoms with E-state index in [2.05, 4.69) is 10.6 Å². The van der Waals surface area contributed by atoms with Crippen LogP contribution in [0.25, 0.3) is 0 Å². The van der Waals surface area contributed by atoms with Gasteiger partial charge in [0.15, 0.2) is 30.4 Å². The number of methoxy groups -OCH3 is 1. The number of likely N-dealkylation sites (N-methyl/N-ethyl adjacent to an activating group) is 2. The fourth-order valence-electron chi connectivity index (χ4n) is 11.4. The number of nitrogens with zero attached hydrogens (tertiary/aromatic N) is 4. The number of aliphatic hydroxyl groups is 2. The van der Waals surface area contributed by atoms with E-state index in [9.17, 15) is 49.6 Å². The second kappa shape index (κ2) is 25.7. The Bertz CT molecular complexity index is 2170. The maximum absolute atomic E-state index is 14.8. The molecule has 5 rings (SSSR count). The van der Waals surface area contributed by atoms with Gasteiger partial charge >= 0.3 is 18.2 Å². The van der Waals surface area contributed by atoms with Gasteiger partial charge in [0.1, 0.15) is 17.8 Å². The van der Waals surface area contributed by atoms with Crippen LogP contribution in [0.5, 0.6) is 0 Å². The first-order valence-corrected chi connectivity index (χ1v) is 26.2. The Balaban J connectivity index is 1.36. The van der Waals surface area contributed by atoms with Gasteiger partial charge in [0, 0.05) is 63.3 Å². The smallest absolute Gasteiger partial charge is 0.458 e. The number of rotatable bonds is 16. The van der Waals surface area contributed by atoms with Gasteiger partial charge in [-0.3, -0.25) is 34.7 Å². The summed E-state index contributed by atoms with van der Waals surface area (Å²) < 4.78 is 56.4. The van der Waals surface area contributed by atoms with Gasteiger partial charge in [-0.1, -0.05) is 20.8 Å². The van der Waals surface area contributed by atoms with E-state index >= 15 is 0 Å². The molecule has 430 valence electrons. The van der Waals surface area contributed by atoms with Crippen molar-refractivity contribution in [2.75, 3.05) is 47.9 Å². The van der Waals surface area contributed by atoms with Crippen LogP contribution in [0.4, 0.5) is 21.0 Å². The van der Waals surface area contributed by atoms with Crippen LogP contribution in [0.1, 0.15) is 118 Å². The number of amides is 2. The maximum atomic E-state index is 14.8. The topological polar surface area (TPSA) is 309 Å². The second-order valence-electron chi connectivity index (χ2n) is 22.1. The van der Waals surface area contributed by atoms with Gasteiger partial charge in [0.05, 0.1) is 57.4 Å². The van der Waals surface area contributed by atoms with Gasteiger partial charge in [0.25, 0.3) is 17.3 Å². The molecule has 18 atom stereocenters. The van der Waals surface area contributed by atoms with E-state index in [1.807, 2.05) is 58.6 Å². The molecule has 0 spiro atoms. The fraction of sp³-hybridized carbons (Fsp3) is 0.804. The SMILES string of the molecule is CC[C@@H]1OC(=O)[C@H](C)[C@H](O[C@H]2C[C@@](C)(OC)[C@@H](OC(=O)NCCCCNC(=O)c3cc([N+](=O)[O-])cc([N+](=O)[O-])c3)[C@H](C)O2)[C@@H](C)[C@@H](O[C@@H]2O[C@H](C)C[C@H](N(C)C)[C@H]2O)[C@@](C)(O)C[C@@H](C)CN(C)[C@@H](C)[C@@H]2OC(=O)O[C@]12C. The molecule has 4 N–H and O–H groups in total. The van der Waals surface area contributed by atoms with Crippen molar-refractivity contribution in [1.82, 2.24) is 20.4 Å². The first-order valence-electron chi connectivity index (χ1n) is 26.2. The molecule has 0 unspecified atom stereocenters. The summed E-state index contributed by atoms with van der Waals surface area (Å²) in [6.07, 6.45) is -9.75. The predicted octanol–water partition coefficient (Wildman–Crippen LogP) is 4.84. The Hall–Kier alpha value is -4.86. The summed E-state index contributed by atoms with van der Waals surface area (Å²) in [5.74, 6) is -3.63. The Morgan fingerprint density at radius 3 is 2.11 bits per heavy atom. The largest absolute Gasteiger partial charge is 0.509 e. The molecule has 4 aliphatic heterocycles. The zero-order valence-corrected chi connectivity index (χ0v) is 46.4. The van der Waals surface area contributed by atoms with E-state index in [1.165, 1.54) is 7.11 Å². The fourth-order valence-corrected chi connectivity index (χ4v) is 11.4. The number of nitro benzene ring substituents is 2. The third-order valence-corrected chi connectivity index (χ3v) is 15.6. The Kier molecular flexibility index (Phi) is 21.0. The molecule has 4 fully saturated rings. The van der Waals surface area contributed by atoms with Crippen LogP contribution in [0.3, 0.4) is 0 Å². The standard InChI is InChI=1S/C51H82N6O19/c1-15-37-51(10)42(75-48(62)76-51)31(6)55(13)26-27(2)24-49(8,63)41(73-46-39(58)36(54(11)12)20-28(3)69-46)29(4)40(30(5)45(60)71-37)72-38-25-50(9,68-14)43(32(7)70-38)74-47(61)53-19-17-16-18-52-44(59)33-21-34(56(64)65)23-35(22-33)57(66)67/h21-23,27-32,36-43,46,58,63H,15-20,24-26H2,1-14H3,(H,52,59)(H,53,61)/t27-,28-,29-,30-,31+,32+,36+,37+,38+,39-,40-,41-,42+,43+,46+,49+,50-,51-/m1/s1. The van der Waals surface area contributed by atoms with Gasteiger partial charge in [-0.25, -0.2) is 9.59 Å². The van der Waals surface area contributed by atoms with Crippen LogP contribution in [0.2, 0.25) is 0 Å². The molecule has 0 bridgehead atoms. The van der Waals surface area contributed by atoms with Crippen LogP contribution >= 0.6 is 0 Å². The molecule has 0 aromatic heterocycles. The van der Waals surface area contributed by atoms with Crippen molar-refractivity contribution in [2.45, 2.75) is 198 Å². The highest BCUT2D eigenvalue weighted by molar-refractivity contribution is 5.95. The number of nitro groups is 2. The molecule has 25 nitrogen and oxygen atoms in total. The molecule has 4 saturated heterocycles. The van der Waals surface area contributed by atoms with Crippen LogP contribution in [-0.4, -0.2) is 192 Å². The number of alkyl carbamates (subject to hydrolysis) is 1. The number of hydrogen-bond donors (Lipinski definition) is 4. The van der Waals surface area contributed by atoms with Gasteiger partial charge in [0.2, 0.25) is 0 Å². The van der Waals surface area contributed by atoms with E-state index in [0.29, 0.717) is 25.8 Å². The second-order valence-corrected chi connectivity index (χ2v) is 22.1. The van der Waals surface area contributed by atoms with Crippen molar-refractivity contribution < 1.29 is 81.9 Å². The van der Waals surface area contributed by atoms with Gasteiger partial charge < -0.3 is 68.4 Å². The monoisotopic (exact) mass is 1080 g/mol. The van der Waals surface area contributed by atoms with Crippen LogP contribution in [0.15, 0.2) is 18.2 Å². The lowest BCUT2D eigenvalue weighted by molar-refractivity contribution is -0.394. The van der Waals surface area contributed by atoms with E-state index in [4.69, 9.17) is 42.6 Å². The summed E-state index contributed by atoms with van der Waals surface area (Å²) in [7, 11) is 7.05. The van der Waals surface area contributed by atoms with Crippen molar-refractivity contribution >= 4 is 35.5 Å². The highest BCUT2D eigenvalue weighted by atomic mass is 16.8. The van der Waals surface area contributed by atoms with Crippen LogP contribution in [-0.2, 0) is 47.4 Å². The minimum absolute atomic E-state index is 0.0233. The van der Waals surface area contributed by atoms with Crippen LogP contribution < -0.4 is 10.6 Å². The first-order chi connectivity index (χ1) is 35.5. The Labute approximate surface area is 444 Å². The number of nitrogens with one attached hydrogen (secondary N) is 2. The average molecular weight is 1080 g/mol. The van der Waals surface area contributed by atoms with Gasteiger partial charge in [-0.2, -0.15) is 0 Å². The normalized spacial score (nSPS) is 37.8. The minimum Gasteiger partial charge on any atom is -0.458 e. The summed E-state index contributed by atoms with van der Waals surface area (Å²) in [5, 5.41) is 52.3. The summed E-state index contributed by atoms with van der Waals surface area (Å²) in [4.78, 5) is 78.4. The number of unbranched alkanes of at least 4 members (excludes halogenated alkanes) is 1. The quantitative estimate of drug-likeness (QED) is 0.0566. The van der Waals surface area contributed by atoms with Crippen molar-refractivity contribution in [3.63, 3.8) is 0 Å². The number of aliphatic hydroxyl groups excluding tert-OH is 1. The minimum atomic E-state index is -1.66. The van der Waals surface area contributed by atoms with Crippen molar-refractivity contribution in [3.8, 4) is 0 Å². The third-order valence-electron chi connectivity index (χ3n) is 15.6. The van der Waals surface area contributed by atoms with E-state index in [1.54, 1.807) is 41.5 Å². The molecular weight excluding hydrogens is 1000 g/mol. The maximum Gasteiger partial charge on any atom is 0.509 e. The lowest BCUT2D eigenvalue weighted by atomic mass is 9.77. The highest BCUT2D eigenvalue weighted by Gasteiger charge is 2.58. The number of fused-ring (bicyclic) bond motifs is 1. The predicted molar refractivity (Wildman–Crippen MR) is 271 cm³/mol. The molecule has 0 radical (unpaired) electrons. The molecule has 4 aliphatic rings. The summed E-state index contributed by atoms with van der Waals surface area (Å²) in [6.45, 7) is 18.4. The van der Waals surface area contributed by atoms with E-state index in [0.717, 1.165) is 18.2 Å².